The predicted octanol–water partition coefficient (Wildman–Crippen LogP) is 2.69. The van der Waals surface area contributed by atoms with Crippen LogP contribution < -0.4 is 5.32 Å². The molecule has 1 aliphatic rings. The number of aryl methyl sites for hydroxylation is 1. The zero-order valence-electron chi connectivity index (χ0n) is 12.5. The zero-order chi connectivity index (χ0) is 15.2. The summed E-state index contributed by atoms with van der Waals surface area (Å²) in [4.78, 5) is 23.5. The van der Waals surface area contributed by atoms with E-state index >= 15 is 0 Å². The van der Waals surface area contributed by atoms with E-state index < -0.39 is 11.9 Å². The van der Waals surface area contributed by atoms with Crippen molar-refractivity contribution in [2.45, 2.75) is 51.5 Å². The van der Waals surface area contributed by atoms with Crippen LogP contribution in [0.2, 0.25) is 0 Å². The number of carbonyl (C=O) groups excluding carboxylic acids is 1. The molecule has 1 aromatic rings. The largest absolute Gasteiger partial charge is 0.481 e. The molecule has 1 amide bonds. The summed E-state index contributed by atoms with van der Waals surface area (Å²) in [6, 6.07) is 7.61. The summed E-state index contributed by atoms with van der Waals surface area (Å²) in [5.41, 5.74) is 2.09. The maximum atomic E-state index is 12.2. The average Bonchev–Trinajstić information content (AvgIpc) is 2.64. The molecule has 1 aromatic carbocycles. The Bertz CT molecular complexity index is 513. The van der Waals surface area contributed by atoms with E-state index in [4.69, 9.17) is 0 Å². The van der Waals surface area contributed by atoms with Crippen LogP contribution in [0.4, 0.5) is 0 Å². The molecule has 0 bridgehead atoms. The normalized spacial score (nSPS) is 22.3. The Morgan fingerprint density at radius 1 is 1.24 bits per heavy atom. The molecular formula is C17H23NO3. The van der Waals surface area contributed by atoms with E-state index in [2.05, 4.69) is 5.32 Å². The number of carboxylic acid groups (broad SMARTS) is 1. The summed E-state index contributed by atoms with van der Waals surface area (Å²) < 4.78 is 0. The summed E-state index contributed by atoms with van der Waals surface area (Å²) >= 11 is 0. The monoisotopic (exact) mass is 289 g/mol. The molecule has 4 heteroatoms. The summed E-state index contributed by atoms with van der Waals surface area (Å²) in [5.74, 6) is -1.33. The fourth-order valence-corrected chi connectivity index (χ4v) is 3.04. The third-order valence-electron chi connectivity index (χ3n) is 4.13. The van der Waals surface area contributed by atoms with Gasteiger partial charge in [0, 0.05) is 6.04 Å². The Morgan fingerprint density at radius 2 is 2.00 bits per heavy atom. The van der Waals surface area contributed by atoms with Crippen molar-refractivity contribution in [1.82, 2.24) is 5.32 Å². The first kappa shape index (κ1) is 15.5. The molecule has 1 fully saturated rings. The second-order valence-electron chi connectivity index (χ2n) is 5.92. The van der Waals surface area contributed by atoms with E-state index in [-0.39, 0.29) is 11.9 Å². The van der Waals surface area contributed by atoms with E-state index in [0.29, 0.717) is 12.8 Å². The topological polar surface area (TPSA) is 66.4 Å². The number of hydrogen-bond donors (Lipinski definition) is 2. The molecule has 0 spiro atoms. The Hall–Kier alpha value is -1.84. The van der Waals surface area contributed by atoms with Crippen LogP contribution in [0, 0.1) is 12.8 Å². The number of aliphatic carboxylic acids is 1. The Labute approximate surface area is 125 Å². The van der Waals surface area contributed by atoms with Gasteiger partial charge in [-0.25, -0.2) is 0 Å². The van der Waals surface area contributed by atoms with Gasteiger partial charge < -0.3 is 10.4 Å². The van der Waals surface area contributed by atoms with Crippen LogP contribution in [0.25, 0.3) is 0 Å². The highest BCUT2D eigenvalue weighted by Gasteiger charge is 2.30. The van der Waals surface area contributed by atoms with Gasteiger partial charge in [-0.05, 0) is 25.3 Å². The van der Waals surface area contributed by atoms with Gasteiger partial charge in [-0.15, -0.1) is 0 Å². The number of hydrogen-bond acceptors (Lipinski definition) is 2. The average molecular weight is 289 g/mol. The van der Waals surface area contributed by atoms with Crippen LogP contribution in [0.1, 0.15) is 43.2 Å². The lowest BCUT2D eigenvalue weighted by Gasteiger charge is -2.23. The van der Waals surface area contributed by atoms with Crippen molar-refractivity contribution in [3.8, 4) is 0 Å². The molecule has 2 N–H and O–H groups in total. The van der Waals surface area contributed by atoms with Crippen molar-refractivity contribution in [1.29, 1.82) is 0 Å². The van der Waals surface area contributed by atoms with Crippen molar-refractivity contribution in [2.24, 2.45) is 5.92 Å². The van der Waals surface area contributed by atoms with Gasteiger partial charge in [0.05, 0.1) is 12.3 Å². The van der Waals surface area contributed by atoms with Gasteiger partial charge in [0.1, 0.15) is 0 Å². The van der Waals surface area contributed by atoms with E-state index in [0.717, 1.165) is 36.8 Å². The van der Waals surface area contributed by atoms with Crippen molar-refractivity contribution in [2.75, 3.05) is 0 Å². The summed E-state index contributed by atoms with van der Waals surface area (Å²) in [6.45, 7) is 1.99. The van der Waals surface area contributed by atoms with E-state index in [9.17, 15) is 14.7 Å². The quantitative estimate of drug-likeness (QED) is 0.837. The minimum Gasteiger partial charge on any atom is -0.481 e. The first-order chi connectivity index (χ1) is 10.1. The van der Waals surface area contributed by atoms with Gasteiger partial charge in [-0.3, -0.25) is 9.59 Å². The third-order valence-corrected chi connectivity index (χ3v) is 4.13. The first-order valence-corrected chi connectivity index (χ1v) is 7.64. The summed E-state index contributed by atoms with van der Waals surface area (Å²) in [5, 5.41) is 12.3. The van der Waals surface area contributed by atoms with Crippen molar-refractivity contribution in [3.63, 3.8) is 0 Å². The number of rotatable bonds is 4. The molecule has 0 aromatic heterocycles. The molecule has 0 aliphatic heterocycles. The van der Waals surface area contributed by atoms with Gasteiger partial charge in [0.25, 0.3) is 0 Å². The molecule has 1 aliphatic carbocycles. The van der Waals surface area contributed by atoms with Crippen molar-refractivity contribution < 1.29 is 14.7 Å². The second kappa shape index (κ2) is 7.25. The fraction of sp³-hybridized carbons (Fsp3) is 0.529. The molecular weight excluding hydrogens is 266 g/mol. The number of benzene rings is 1. The van der Waals surface area contributed by atoms with Gasteiger partial charge in [0.15, 0.2) is 0 Å². The summed E-state index contributed by atoms with van der Waals surface area (Å²) in [7, 11) is 0. The van der Waals surface area contributed by atoms with Gasteiger partial charge in [-0.1, -0.05) is 49.1 Å². The first-order valence-electron chi connectivity index (χ1n) is 7.64. The van der Waals surface area contributed by atoms with Gasteiger partial charge in [0.2, 0.25) is 5.91 Å². The number of amides is 1. The summed E-state index contributed by atoms with van der Waals surface area (Å²) in [6.07, 6.45) is 4.69. The maximum absolute atomic E-state index is 12.2. The van der Waals surface area contributed by atoms with Crippen molar-refractivity contribution >= 4 is 11.9 Å². The van der Waals surface area contributed by atoms with Crippen LogP contribution in [-0.4, -0.2) is 23.0 Å². The second-order valence-corrected chi connectivity index (χ2v) is 5.92. The standard InChI is InChI=1S/C17H23NO3/c1-12-6-5-7-13(10-12)11-16(19)18-15-9-4-2-3-8-14(15)17(20)21/h5-7,10,14-15H,2-4,8-9,11H2,1H3,(H,18,19)(H,20,21). The molecule has 2 unspecified atom stereocenters. The lowest BCUT2D eigenvalue weighted by atomic mass is 9.94. The van der Waals surface area contributed by atoms with Crippen molar-refractivity contribution in [3.05, 3.63) is 35.4 Å². The molecule has 2 rings (SSSR count). The SMILES string of the molecule is Cc1cccc(CC(=O)NC2CCCCCC2C(=O)O)c1. The minimum absolute atomic E-state index is 0.0845. The van der Waals surface area contributed by atoms with E-state index in [1.165, 1.54) is 0 Å². The van der Waals surface area contributed by atoms with Crippen LogP contribution in [0.15, 0.2) is 24.3 Å². The van der Waals surface area contributed by atoms with E-state index in [1.807, 2.05) is 31.2 Å². The molecule has 4 nitrogen and oxygen atoms in total. The molecule has 0 saturated heterocycles. The molecule has 114 valence electrons. The van der Waals surface area contributed by atoms with Crippen LogP contribution in [-0.2, 0) is 16.0 Å². The molecule has 21 heavy (non-hydrogen) atoms. The number of carbonyl (C=O) groups is 2. The predicted molar refractivity (Wildman–Crippen MR) is 81.0 cm³/mol. The number of nitrogens with one attached hydrogen (secondary N) is 1. The fourth-order valence-electron chi connectivity index (χ4n) is 3.04. The molecule has 2 atom stereocenters. The Balaban J connectivity index is 1.97. The van der Waals surface area contributed by atoms with Crippen LogP contribution in [0.5, 0.6) is 0 Å². The minimum atomic E-state index is -0.794. The van der Waals surface area contributed by atoms with E-state index in [1.54, 1.807) is 0 Å². The van der Waals surface area contributed by atoms with Gasteiger partial charge in [-0.2, -0.15) is 0 Å². The molecule has 1 saturated carbocycles. The lowest BCUT2D eigenvalue weighted by Crippen LogP contribution is -2.43. The smallest absolute Gasteiger partial charge is 0.308 e. The van der Waals surface area contributed by atoms with Crippen LogP contribution >= 0.6 is 0 Å². The highest BCUT2D eigenvalue weighted by molar-refractivity contribution is 5.80. The third kappa shape index (κ3) is 4.59. The highest BCUT2D eigenvalue weighted by atomic mass is 16.4. The Kier molecular flexibility index (Phi) is 5.37. The molecule has 0 heterocycles. The lowest BCUT2D eigenvalue weighted by molar-refractivity contribution is -0.143. The number of carboxylic acids is 1. The Morgan fingerprint density at radius 3 is 2.71 bits per heavy atom. The van der Waals surface area contributed by atoms with Gasteiger partial charge >= 0.3 is 5.97 Å². The maximum Gasteiger partial charge on any atom is 0.308 e. The van der Waals surface area contributed by atoms with Crippen LogP contribution in [0.3, 0.4) is 0 Å². The zero-order valence-corrected chi connectivity index (χ0v) is 12.5. The highest BCUT2D eigenvalue weighted by Crippen LogP contribution is 2.24. The molecule has 0 radical (unpaired) electrons.